The molecule has 1 amide bonds. The molecular formula is C22H37N5O2. The lowest BCUT2D eigenvalue weighted by molar-refractivity contribution is -0.133. The number of carbonyl (C=O) groups excluding carboxylic acids is 1. The number of amides is 1. The summed E-state index contributed by atoms with van der Waals surface area (Å²) in [5.74, 6) is 1.93. The Kier molecular flexibility index (Phi) is 9.25. The maximum absolute atomic E-state index is 12.1. The Bertz CT molecular complexity index is 658. The number of likely N-dealkylation sites (tertiary alicyclic amines) is 1. The van der Waals surface area contributed by atoms with E-state index in [2.05, 4.69) is 46.8 Å². The number of hydrogen-bond acceptors (Lipinski definition) is 4. The normalized spacial score (nSPS) is 17.1. The molecule has 0 aromatic heterocycles. The van der Waals surface area contributed by atoms with Crippen molar-refractivity contribution < 1.29 is 9.53 Å². The van der Waals surface area contributed by atoms with Gasteiger partial charge in [-0.2, -0.15) is 0 Å². The third kappa shape index (κ3) is 7.93. The monoisotopic (exact) mass is 403 g/mol. The maximum Gasteiger partial charge on any atom is 0.225 e. The van der Waals surface area contributed by atoms with Crippen LogP contribution in [0.25, 0.3) is 0 Å². The molecule has 0 radical (unpaired) electrons. The summed E-state index contributed by atoms with van der Waals surface area (Å²) in [7, 11) is 5.91. The average molecular weight is 404 g/mol. The van der Waals surface area contributed by atoms with Crippen LogP contribution in [0.1, 0.15) is 32.3 Å². The van der Waals surface area contributed by atoms with Crippen molar-refractivity contribution in [3.05, 3.63) is 29.8 Å². The Labute approximate surface area is 175 Å². The molecule has 1 heterocycles. The van der Waals surface area contributed by atoms with Crippen LogP contribution in [0, 0.1) is 5.92 Å². The van der Waals surface area contributed by atoms with E-state index in [0.29, 0.717) is 6.54 Å². The second-order valence-corrected chi connectivity index (χ2v) is 8.14. The van der Waals surface area contributed by atoms with Gasteiger partial charge in [0.05, 0.1) is 6.61 Å². The topological polar surface area (TPSA) is 69.2 Å². The van der Waals surface area contributed by atoms with Gasteiger partial charge in [0.2, 0.25) is 5.91 Å². The van der Waals surface area contributed by atoms with Crippen LogP contribution in [-0.4, -0.2) is 75.1 Å². The van der Waals surface area contributed by atoms with Crippen molar-refractivity contribution in [1.82, 2.24) is 20.4 Å². The van der Waals surface area contributed by atoms with E-state index in [4.69, 9.17) is 4.74 Å². The van der Waals surface area contributed by atoms with E-state index in [0.717, 1.165) is 56.4 Å². The molecule has 162 valence electrons. The van der Waals surface area contributed by atoms with Crippen molar-refractivity contribution in [2.45, 2.75) is 39.3 Å². The van der Waals surface area contributed by atoms with E-state index >= 15 is 0 Å². The van der Waals surface area contributed by atoms with Gasteiger partial charge >= 0.3 is 0 Å². The zero-order valence-corrected chi connectivity index (χ0v) is 18.6. The maximum atomic E-state index is 12.1. The standard InChI is InChI=1S/C22H37N5O2/c1-17(2)21(28)27-13-11-19(16-27)25-22(23-3)24-15-18-7-9-20(10-8-18)29-14-6-12-26(4)5/h7-10,17,19H,6,11-16H2,1-5H3,(H2,23,24,25). The molecule has 0 saturated carbocycles. The Hall–Kier alpha value is -2.28. The number of nitrogens with one attached hydrogen (secondary N) is 2. The van der Waals surface area contributed by atoms with E-state index < -0.39 is 0 Å². The molecule has 0 bridgehead atoms. The molecule has 1 aromatic carbocycles. The van der Waals surface area contributed by atoms with Crippen molar-refractivity contribution in [2.24, 2.45) is 10.9 Å². The van der Waals surface area contributed by atoms with Gasteiger partial charge < -0.3 is 25.2 Å². The summed E-state index contributed by atoms with van der Waals surface area (Å²) in [5.41, 5.74) is 1.16. The van der Waals surface area contributed by atoms with E-state index in [9.17, 15) is 4.79 Å². The number of benzene rings is 1. The molecule has 7 heteroatoms. The number of hydrogen-bond donors (Lipinski definition) is 2. The fourth-order valence-electron chi connectivity index (χ4n) is 3.29. The smallest absolute Gasteiger partial charge is 0.225 e. The molecule has 2 rings (SSSR count). The van der Waals surface area contributed by atoms with Gasteiger partial charge in [-0.05, 0) is 44.6 Å². The number of nitrogens with zero attached hydrogens (tertiary/aromatic N) is 3. The SMILES string of the molecule is CN=C(NCc1ccc(OCCCN(C)C)cc1)NC1CCN(C(=O)C(C)C)C1. The number of aliphatic imine (C=N–C) groups is 1. The third-order valence-corrected chi connectivity index (χ3v) is 4.96. The largest absolute Gasteiger partial charge is 0.494 e. The summed E-state index contributed by atoms with van der Waals surface area (Å²) in [5, 5.41) is 6.78. The Morgan fingerprint density at radius 2 is 2.03 bits per heavy atom. The van der Waals surface area contributed by atoms with Gasteiger partial charge in [-0.3, -0.25) is 9.79 Å². The minimum absolute atomic E-state index is 0.0473. The summed E-state index contributed by atoms with van der Waals surface area (Å²) in [6.45, 7) is 7.87. The number of carbonyl (C=O) groups is 1. The van der Waals surface area contributed by atoms with E-state index in [1.807, 2.05) is 30.9 Å². The molecule has 1 aliphatic heterocycles. The minimum Gasteiger partial charge on any atom is -0.494 e. The lowest BCUT2D eigenvalue weighted by Gasteiger charge is -2.20. The summed E-state index contributed by atoms with van der Waals surface area (Å²) in [6.07, 6.45) is 1.96. The summed E-state index contributed by atoms with van der Waals surface area (Å²) in [4.78, 5) is 20.5. The first-order valence-corrected chi connectivity index (χ1v) is 10.5. The highest BCUT2D eigenvalue weighted by Gasteiger charge is 2.27. The van der Waals surface area contributed by atoms with E-state index in [1.54, 1.807) is 7.05 Å². The van der Waals surface area contributed by atoms with Crippen molar-refractivity contribution in [1.29, 1.82) is 0 Å². The molecule has 2 N–H and O–H groups in total. The van der Waals surface area contributed by atoms with Crippen LogP contribution in [0.4, 0.5) is 0 Å². The molecule has 0 aliphatic carbocycles. The average Bonchev–Trinajstić information content (AvgIpc) is 3.17. The lowest BCUT2D eigenvalue weighted by atomic mass is 10.2. The summed E-state index contributed by atoms with van der Waals surface area (Å²) < 4.78 is 5.78. The fourth-order valence-corrected chi connectivity index (χ4v) is 3.29. The summed E-state index contributed by atoms with van der Waals surface area (Å²) in [6, 6.07) is 8.40. The summed E-state index contributed by atoms with van der Waals surface area (Å²) >= 11 is 0. The quantitative estimate of drug-likeness (QED) is 0.375. The fraction of sp³-hybridized carbons (Fsp3) is 0.636. The molecule has 7 nitrogen and oxygen atoms in total. The van der Waals surface area contributed by atoms with Crippen molar-refractivity contribution >= 4 is 11.9 Å². The molecule has 1 saturated heterocycles. The molecule has 1 fully saturated rings. The van der Waals surface area contributed by atoms with Gasteiger partial charge in [-0.1, -0.05) is 26.0 Å². The molecule has 29 heavy (non-hydrogen) atoms. The second-order valence-electron chi connectivity index (χ2n) is 8.14. The predicted molar refractivity (Wildman–Crippen MR) is 118 cm³/mol. The van der Waals surface area contributed by atoms with Gasteiger partial charge in [0.15, 0.2) is 5.96 Å². The number of guanidine groups is 1. The molecule has 1 aromatic rings. The Morgan fingerprint density at radius 1 is 1.31 bits per heavy atom. The van der Waals surface area contributed by atoms with Gasteiger partial charge in [0.1, 0.15) is 5.75 Å². The second kappa shape index (κ2) is 11.7. The van der Waals surface area contributed by atoms with E-state index in [1.165, 1.54) is 0 Å². The van der Waals surface area contributed by atoms with Crippen LogP contribution in [0.3, 0.4) is 0 Å². The van der Waals surface area contributed by atoms with Crippen LogP contribution in [0.15, 0.2) is 29.3 Å². The van der Waals surface area contributed by atoms with Gasteiger partial charge in [-0.25, -0.2) is 0 Å². The van der Waals surface area contributed by atoms with Crippen LogP contribution < -0.4 is 15.4 Å². The Morgan fingerprint density at radius 3 is 2.66 bits per heavy atom. The molecular weight excluding hydrogens is 366 g/mol. The first kappa shape index (κ1) is 23.0. The molecule has 1 aliphatic rings. The van der Waals surface area contributed by atoms with Crippen molar-refractivity contribution in [3.63, 3.8) is 0 Å². The van der Waals surface area contributed by atoms with Crippen LogP contribution in [-0.2, 0) is 11.3 Å². The van der Waals surface area contributed by atoms with Gasteiger partial charge in [0, 0.05) is 45.2 Å². The first-order chi connectivity index (χ1) is 13.9. The molecule has 1 unspecified atom stereocenters. The number of ether oxygens (including phenoxy) is 1. The van der Waals surface area contributed by atoms with E-state index in [-0.39, 0.29) is 17.9 Å². The van der Waals surface area contributed by atoms with Crippen molar-refractivity contribution in [3.8, 4) is 5.75 Å². The highest BCUT2D eigenvalue weighted by atomic mass is 16.5. The first-order valence-electron chi connectivity index (χ1n) is 10.5. The predicted octanol–water partition coefficient (Wildman–Crippen LogP) is 1.94. The highest BCUT2D eigenvalue weighted by molar-refractivity contribution is 5.81. The zero-order chi connectivity index (χ0) is 21.2. The molecule has 0 spiro atoms. The van der Waals surface area contributed by atoms with Gasteiger partial charge in [-0.15, -0.1) is 0 Å². The van der Waals surface area contributed by atoms with Crippen LogP contribution in [0.5, 0.6) is 5.75 Å². The molecule has 1 atom stereocenters. The van der Waals surface area contributed by atoms with Crippen molar-refractivity contribution in [2.75, 3.05) is 47.4 Å². The van der Waals surface area contributed by atoms with Gasteiger partial charge in [0.25, 0.3) is 0 Å². The highest BCUT2D eigenvalue weighted by Crippen LogP contribution is 2.14. The number of rotatable bonds is 9. The minimum atomic E-state index is 0.0473. The van der Waals surface area contributed by atoms with Crippen LogP contribution in [0.2, 0.25) is 0 Å². The zero-order valence-electron chi connectivity index (χ0n) is 18.6. The third-order valence-electron chi connectivity index (χ3n) is 4.96. The Balaban J connectivity index is 1.73. The van der Waals surface area contributed by atoms with Crippen LogP contribution >= 0.6 is 0 Å². The lowest BCUT2D eigenvalue weighted by Crippen LogP contribution is -2.45.